The van der Waals surface area contributed by atoms with E-state index in [0.29, 0.717) is 19.4 Å². The van der Waals surface area contributed by atoms with E-state index in [1.165, 1.54) is 0 Å². The first-order valence-corrected chi connectivity index (χ1v) is 7.62. The number of ketones is 1. The summed E-state index contributed by atoms with van der Waals surface area (Å²) in [6, 6.07) is 8.34. The molecule has 1 saturated carbocycles. The maximum absolute atomic E-state index is 12.0. The summed E-state index contributed by atoms with van der Waals surface area (Å²) < 4.78 is 26.5. The largest absolute Gasteiger partial charge is 0.300 e. The fourth-order valence-electron chi connectivity index (χ4n) is 2.11. The number of nitrogens with one attached hydrogen (secondary N) is 1. The van der Waals surface area contributed by atoms with Gasteiger partial charge in [0.25, 0.3) is 0 Å². The first kappa shape index (κ1) is 13.2. The van der Waals surface area contributed by atoms with Crippen LogP contribution >= 0.6 is 0 Å². The molecular weight excluding hydrogens is 250 g/mol. The van der Waals surface area contributed by atoms with Crippen LogP contribution in [0.2, 0.25) is 0 Å². The fraction of sp³-hybridized carbons (Fsp3) is 0.462. The second-order valence-corrected chi connectivity index (χ2v) is 6.41. The number of rotatable bonds is 4. The minimum absolute atomic E-state index is 0.279. The standard InChI is InChI=1S/C13H17NO3S/c15-12-8-6-11(7-9-12)10-14-18(16,17)13-4-2-1-3-5-13/h1-5,11,14H,6-10H2. The molecule has 4 nitrogen and oxygen atoms in total. The van der Waals surface area contributed by atoms with Crippen LogP contribution < -0.4 is 4.72 Å². The lowest BCUT2D eigenvalue weighted by molar-refractivity contribution is -0.120. The Morgan fingerprint density at radius 1 is 1.11 bits per heavy atom. The van der Waals surface area contributed by atoms with Crippen molar-refractivity contribution in [2.45, 2.75) is 30.6 Å². The summed E-state index contributed by atoms with van der Waals surface area (Å²) in [5, 5.41) is 0. The van der Waals surface area contributed by atoms with E-state index in [-0.39, 0.29) is 16.6 Å². The molecule has 2 rings (SSSR count). The highest BCUT2D eigenvalue weighted by molar-refractivity contribution is 7.89. The van der Waals surface area contributed by atoms with Gasteiger partial charge in [-0.2, -0.15) is 0 Å². The zero-order valence-corrected chi connectivity index (χ0v) is 10.9. The van der Waals surface area contributed by atoms with Gasteiger partial charge in [0.15, 0.2) is 0 Å². The Morgan fingerprint density at radius 3 is 2.33 bits per heavy atom. The summed E-state index contributed by atoms with van der Waals surface area (Å²) in [6.45, 7) is 0.421. The number of carbonyl (C=O) groups excluding carboxylic acids is 1. The van der Waals surface area contributed by atoms with Crippen LogP contribution in [0.3, 0.4) is 0 Å². The van der Waals surface area contributed by atoms with Crippen molar-refractivity contribution in [2.24, 2.45) is 5.92 Å². The zero-order chi connectivity index (χ0) is 13.0. The van der Waals surface area contributed by atoms with Crippen LogP contribution in [0.25, 0.3) is 0 Å². The smallest absolute Gasteiger partial charge is 0.240 e. The number of sulfonamides is 1. The third kappa shape index (κ3) is 3.40. The maximum atomic E-state index is 12.0. The normalized spacial score (nSPS) is 17.9. The average molecular weight is 267 g/mol. The molecule has 0 bridgehead atoms. The van der Waals surface area contributed by atoms with Crippen LogP contribution in [0.5, 0.6) is 0 Å². The van der Waals surface area contributed by atoms with Crippen molar-refractivity contribution in [3.63, 3.8) is 0 Å². The number of carbonyl (C=O) groups is 1. The lowest BCUT2D eigenvalue weighted by Crippen LogP contribution is -2.31. The molecule has 98 valence electrons. The van der Waals surface area contributed by atoms with Gasteiger partial charge in [-0.15, -0.1) is 0 Å². The van der Waals surface area contributed by atoms with Crippen molar-refractivity contribution in [2.75, 3.05) is 6.54 Å². The van der Waals surface area contributed by atoms with Crippen molar-refractivity contribution in [1.29, 1.82) is 0 Å². The minimum atomic E-state index is -3.41. The van der Waals surface area contributed by atoms with Crippen LogP contribution in [0, 0.1) is 5.92 Å². The van der Waals surface area contributed by atoms with Gasteiger partial charge in [-0.1, -0.05) is 18.2 Å². The Bertz CT molecular complexity index is 500. The quantitative estimate of drug-likeness (QED) is 0.903. The van der Waals surface area contributed by atoms with Crippen molar-refractivity contribution < 1.29 is 13.2 Å². The van der Waals surface area contributed by atoms with Gasteiger partial charge in [-0.25, -0.2) is 13.1 Å². The van der Waals surface area contributed by atoms with Crippen molar-refractivity contribution in [3.05, 3.63) is 30.3 Å². The second-order valence-electron chi connectivity index (χ2n) is 4.65. The molecule has 1 N–H and O–H groups in total. The summed E-state index contributed by atoms with van der Waals surface area (Å²) >= 11 is 0. The van der Waals surface area contributed by atoms with Crippen molar-refractivity contribution in [1.82, 2.24) is 4.72 Å². The third-order valence-corrected chi connectivity index (χ3v) is 4.72. The molecule has 1 aliphatic carbocycles. The predicted octanol–water partition coefficient (Wildman–Crippen LogP) is 1.72. The monoisotopic (exact) mass is 267 g/mol. The van der Waals surface area contributed by atoms with E-state index in [1.54, 1.807) is 30.3 Å². The molecule has 1 fully saturated rings. The minimum Gasteiger partial charge on any atom is -0.300 e. The fourth-order valence-corrected chi connectivity index (χ4v) is 3.25. The first-order valence-electron chi connectivity index (χ1n) is 6.14. The predicted molar refractivity (Wildman–Crippen MR) is 68.6 cm³/mol. The highest BCUT2D eigenvalue weighted by Gasteiger charge is 2.21. The van der Waals surface area contributed by atoms with Gasteiger partial charge in [0, 0.05) is 19.4 Å². The SMILES string of the molecule is O=C1CCC(CNS(=O)(=O)c2ccccc2)CC1. The molecule has 5 heteroatoms. The molecule has 0 atom stereocenters. The van der Waals surface area contributed by atoms with E-state index >= 15 is 0 Å². The van der Waals surface area contributed by atoms with E-state index < -0.39 is 10.0 Å². The molecule has 1 aliphatic rings. The Labute approximate surface area is 107 Å². The lowest BCUT2D eigenvalue weighted by atomic mass is 9.89. The van der Waals surface area contributed by atoms with E-state index in [9.17, 15) is 13.2 Å². The number of hydrogen-bond acceptors (Lipinski definition) is 3. The molecule has 0 spiro atoms. The Kier molecular flexibility index (Phi) is 4.14. The topological polar surface area (TPSA) is 63.2 Å². The zero-order valence-electron chi connectivity index (χ0n) is 10.1. The Hall–Kier alpha value is -1.20. The van der Waals surface area contributed by atoms with Gasteiger partial charge in [-0.05, 0) is 30.9 Å². The Morgan fingerprint density at radius 2 is 1.72 bits per heavy atom. The Balaban J connectivity index is 1.92. The van der Waals surface area contributed by atoms with Gasteiger partial charge in [-0.3, -0.25) is 4.79 Å². The lowest BCUT2D eigenvalue weighted by Gasteiger charge is -2.21. The van der Waals surface area contributed by atoms with Gasteiger partial charge in [0.05, 0.1) is 4.90 Å². The summed E-state index contributed by atoms with van der Waals surface area (Å²) in [7, 11) is -3.41. The van der Waals surface area contributed by atoms with Gasteiger partial charge < -0.3 is 0 Å². The van der Waals surface area contributed by atoms with Crippen molar-refractivity contribution in [3.8, 4) is 0 Å². The van der Waals surface area contributed by atoms with E-state index in [2.05, 4.69) is 4.72 Å². The van der Waals surface area contributed by atoms with Crippen LogP contribution in [0.4, 0.5) is 0 Å². The number of benzene rings is 1. The van der Waals surface area contributed by atoms with Crippen LogP contribution in [0.1, 0.15) is 25.7 Å². The molecule has 1 aromatic carbocycles. The molecule has 1 aromatic rings. The molecule has 0 heterocycles. The van der Waals surface area contributed by atoms with E-state index in [4.69, 9.17) is 0 Å². The number of hydrogen-bond donors (Lipinski definition) is 1. The van der Waals surface area contributed by atoms with Gasteiger partial charge in [0.1, 0.15) is 5.78 Å². The van der Waals surface area contributed by atoms with Crippen LogP contribution in [-0.4, -0.2) is 20.7 Å². The first-order chi connectivity index (χ1) is 8.58. The molecule has 0 radical (unpaired) electrons. The van der Waals surface area contributed by atoms with E-state index in [0.717, 1.165) is 12.8 Å². The van der Waals surface area contributed by atoms with Crippen molar-refractivity contribution >= 4 is 15.8 Å². The number of Topliss-reactive ketones (excluding diaryl/α,β-unsaturated/α-hetero) is 1. The summed E-state index contributed by atoms with van der Waals surface area (Å²) in [4.78, 5) is 11.4. The maximum Gasteiger partial charge on any atom is 0.240 e. The molecule has 0 unspecified atom stereocenters. The highest BCUT2D eigenvalue weighted by atomic mass is 32.2. The molecule has 0 amide bonds. The molecule has 18 heavy (non-hydrogen) atoms. The summed E-state index contributed by atoms with van der Waals surface area (Å²) in [5.74, 6) is 0.568. The molecular formula is C13H17NO3S. The van der Waals surface area contributed by atoms with Crippen LogP contribution in [0.15, 0.2) is 35.2 Å². The summed E-state index contributed by atoms with van der Waals surface area (Å²) in [5.41, 5.74) is 0. The molecule has 0 saturated heterocycles. The third-order valence-electron chi connectivity index (χ3n) is 3.28. The average Bonchev–Trinajstić information content (AvgIpc) is 2.39. The molecule has 0 aliphatic heterocycles. The summed E-state index contributed by atoms with van der Waals surface area (Å²) in [6.07, 6.45) is 2.74. The van der Waals surface area contributed by atoms with Gasteiger partial charge in [0.2, 0.25) is 10.0 Å². The highest BCUT2D eigenvalue weighted by Crippen LogP contribution is 2.21. The van der Waals surface area contributed by atoms with Crippen LogP contribution in [-0.2, 0) is 14.8 Å². The second kappa shape index (κ2) is 5.63. The van der Waals surface area contributed by atoms with E-state index in [1.807, 2.05) is 0 Å². The van der Waals surface area contributed by atoms with Gasteiger partial charge >= 0.3 is 0 Å². The molecule has 0 aromatic heterocycles.